The summed E-state index contributed by atoms with van der Waals surface area (Å²) < 4.78 is 5.75. The first-order valence-electron chi connectivity index (χ1n) is 9.95. The minimum atomic E-state index is -0.359. The quantitative estimate of drug-likeness (QED) is 0.409. The van der Waals surface area contributed by atoms with Gasteiger partial charge in [-0.1, -0.05) is 22.0 Å². The average molecular weight is 500 g/mol. The zero-order valence-corrected chi connectivity index (χ0v) is 19.4. The Labute approximate surface area is 194 Å². The van der Waals surface area contributed by atoms with Crippen LogP contribution in [-0.4, -0.2) is 47.5 Å². The standard InChI is InChI=1S/C22H22BrN5O2S/c1-30-21(29)14-3-6-17(7-4-14)25-22(31)26-18-8-10-28(11-9-18)20-19-12-16(23)5-2-15(19)13-24-27-20/h2-7,12-13,18H,8-11H2,1H3,(H2,25,26,31). The topological polar surface area (TPSA) is 79.4 Å². The molecule has 0 aliphatic carbocycles. The highest BCUT2D eigenvalue weighted by Gasteiger charge is 2.22. The van der Waals surface area contributed by atoms with Gasteiger partial charge in [0.1, 0.15) is 0 Å². The van der Waals surface area contributed by atoms with Crippen molar-refractivity contribution in [1.29, 1.82) is 0 Å². The van der Waals surface area contributed by atoms with E-state index in [-0.39, 0.29) is 12.0 Å². The molecule has 2 aromatic carbocycles. The van der Waals surface area contributed by atoms with Crippen LogP contribution in [0.4, 0.5) is 11.5 Å². The van der Waals surface area contributed by atoms with Gasteiger partial charge in [-0.2, -0.15) is 5.10 Å². The molecule has 7 nitrogen and oxygen atoms in total. The lowest BCUT2D eigenvalue weighted by Gasteiger charge is -2.34. The van der Waals surface area contributed by atoms with E-state index in [9.17, 15) is 4.79 Å². The number of anilines is 2. The van der Waals surface area contributed by atoms with Crippen molar-refractivity contribution in [2.45, 2.75) is 18.9 Å². The Morgan fingerprint density at radius 1 is 1.19 bits per heavy atom. The van der Waals surface area contributed by atoms with Gasteiger partial charge in [0.05, 0.1) is 18.9 Å². The molecule has 3 aromatic rings. The Morgan fingerprint density at radius 2 is 1.94 bits per heavy atom. The van der Waals surface area contributed by atoms with Gasteiger partial charge < -0.3 is 20.3 Å². The first-order valence-corrected chi connectivity index (χ1v) is 11.2. The SMILES string of the molecule is COC(=O)c1ccc(NC(=S)NC2CCN(c3nncc4ccc(Br)cc34)CC2)cc1. The molecule has 0 bridgehead atoms. The van der Waals surface area contributed by atoms with E-state index in [1.165, 1.54) is 7.11 Å². The minimum Gasteiger partial charge on any atom is -0.465 e. The third-order valence-corrected chi connectivity index (χ3v) is 6.01. The fourth-order valence-corrected chi connectivity index (χ4v) is 4.31. The molecule has 1 aliphatic heterocycles. The summed E-state index contributed by atoms with van der Waals surface area (Å²) in [5.41, 5.74) is 1.32. The van der Waals surface area contributed by atoms with Crippen LogP contribution in [0.25, 0.3) is 10.8 Å². The Kier molecular flexibility index (Phi) is 6.62. The number of halogens is 1. The van der Waals surface area contributed by atoms with E-state index in [4.69, 9.17) is 17.0 Å². The molecule has 31 heavy (non-hydrogen) atoms. The summed E-state index contributed by atoms with van der Waals surface area (Å²) in [6.07, 6.45) is 3.67. The van der Waals surface area contributed by atoms with Crippen molar-refractivity contribution in [2.75, 3.05) is 30.4 Å². The summed E-state index contributed by atoms with van der Waals surface area (Å²) in [6, 6.07) is 13.5. The largest absolute Gasteiger partial charge is 0.465 e. The molecule has 0 amide bonds. The monoisotopic (exact) mass is 499 g/mol. The molecule has 2 N–H and O–H groups in total. The smallest absolute Gasteiger partial charge is 0.337 e. The summed E-state index contributed by atoms with van der Waals surface area (Å²) >= 11 is 9.02. The van der Waals surface area contributed by atoms with Crippen LogP contribution >= 0.6 is 28.1 Å². The maximum Gasteiger partial charge on any atom is 0.337 e. The molecule has 1 saturated heterocycles. The maximum absolute atomic E-state index is 11.5. The zero-order chi connectivity index (χ0) is 21.8. The number of fused-ring (bicyclic) bond motifs is 1. The average Bonchev–Trinajstić information content (AvgIpc) is 2.79. The molecule has 2 heterocycles. The first-order chi connectivity index (χ1) is 15.0. The molecular weight excluding hydrogens is 478 g/mol. The van der Waals surface area contributed by atoms with Gasteiger partial charge in [0.25, 0.3) is 0 Å². The van der Waals surface area contributed by atoms with Crippen molar-refractivity contribution in [2.24, 2.45) is 0 Å². The highest BCUT2D eigenvalue weighted by atomic mass is 79.9. The van der Waals surface area contributed by atoms with Gasteiger partial charge in [0.15, 0.2) is 10.9 Å². The summed E-state index contributed by atoms with van der Waals surface area (Å²) in [4.78, 5) is 13.8. The predicted molar refractivity (Wildman–Crippen MR) is 130 cm³/mol. The summed E-state index contributed by atoms with van der Waals surface area (Å²) in [5.74, 6) is 0.561. The van der Waals surface area contributed by atoms with Crippen LogP contribution in [0.5, 0.6) is 0 Å². The zero-order valence-electron chi connectivity index (χ0n) is 17.0. The van der Waals surface area contributed by atoms with E-state index < -0.39 is 0 Å². The number of hydrogen-bond acceptors (Lipinski definition) is 6. The number of hydrogen-bond donors (Lipinski definition) is 2. The van der Waals surface area contributed by atoms with Gasteiger partial charge in [-0.25, -0.2) is 4.79 Å². The number of nitrogens with one attached hydrogen (secondary N) is 2. The summed E-state index contributed by atoms with van der Waals surface area (Å²) in [7, 11) is 1.37. The molecule has 4 rings (SSSR count). The second-order valence-corrected chi connectivity index (χ2v) is 8.65. The lowest BCUT2D eigenvalue weighted by Crippen LogP contribution is -2.46. The Balaban J connectivity index is 1.33. The van der Waals surface area contributed by atoms with E-state index in [1.54, 1.807) is 30.5 Å². The molecule has 0 atom stereocenters. The highest BCUT2D eigenvalue weighted by molar-refractivity contribution is 9.10. The van der Waals surface area contributed by atoms with Crippen molar-refractivity contribution in [3.05, 3.63) is 58.7 Å². The van der Waals surface area contributed by atoms with Crippen LogP contribution < -0.4 is 15.5 Å². The molecule has 1 fully saturated rings. The van der Waals surface area contributed by atoms with Gasteiger partial charge in [-0.3, -0.25) is 0 Å². The van der Waals surface area contributed by atoms with Gasteiger partial charge in [-0.05, 0) is 61.5 Å². The summed E-state index contributed by atoms with van der Waals surface area (Å²) in [6.45, 7) is 1.74. The third kappa shape index (κ3) is 5.11. The molecule has 0 unspecified atom stereocenters. The number of ether oxygens (including phenoxy) is 1. The Morgan fingerprint density at radius 3 is 2.65 bits per heavy atom. The lowest BCUT2D eigenvalue weighted by molar-refractivity contribution is 0.0601. The highest BCUT2D eigenvalue weighted by Crippen LogP contribution is 2.28. The number of methoxy groups -OCH3 is 1. The number of carbonyl (C=O) groups excluding carboxylic acids is 1. The Hall–Kier alpha value is -2.78. The molecule has 160 valence electrons. The number of thiocarbonyl (C=S) groups is 1. The van der Waals surface area contributed by atoms with E-state index in [0.29, 0.717) is 10.7 Å². The van der Waals surface area contributed by atoms with Crippen molar-refractivity contribution in [3.8, 4) is 0 Å². The van der Waals surface area contributed by atoms with Crippen molar-refractivity contribution in [3.63, 3.8) is 0 Å². The van der Waals surface area contributed by atoms with Crippen molar-refractivity contribution < 1.29 is 9.53 Å². The fourth-order valence-electron chi connectivity index (χ4n) is 3.66. The van der Waals surface area contributed by atoms with Gasteiger partial charge >= 0.3 is 5.97 Å². The van der Waals surface area contributed by atoms with Crippen LogP contribution in [0, 0.1) is 0 Å². The van der Waals surface area contributed by atoms with Crippen LogP contribution in [0.15, 0.2) is 53.1 Å². The van der Waals surface area contributed by atoms with Crippen LogP contribution in [0.3, 0.4) is 0 Å². The molecular formula is C22H22BrN5O2S. The van der Waals surface area contributed by atoms with Gasteiger partial charge in [0.2, 0.25) is 0 Å². The first kappa shape index (κ1) is 21.5. The molecule has 1 aromatic heterocycles. The van der Waals surface area contributed by atoms with Crippen LogP contribution in [0.2, 0.25) is 0 Å². The van der Waals surface area contributed by atoms with Crippen molar-refractivity contribution >= 4 is 61.5 Å². The third-order valence-electron chi connectivity index (χ3n) is 5.30. The van der Waals surface area contributed by atoms with Gasteiger partial charge in [-0.15, -0.1) is 5.10 Å². The second kappa shape index (κ2) is 9.57. The Bertz CT molecular complexity index is 1100. The van der Waals surface area contributed by atoms with Crippen molar-refractivity contribution in [1.82, 2.24) is 15.5 Å². The number of benzene rings is 2. The van der Waals surface area contributed by atoms with Gasteiger partial charge in [0, 0.05) is 40.1 Å². The van der Waals surface area contributed by atoms with Crippen LogP contribution in [-0.2, 0) is 4.74 Å². The summed E-state index contributed by atoms with van der Waals surface area (Å²) in [5, 5.41) is 17.9. The number of rotatable bonds is 4. The van der Waals surface area contributed by atoms with E-state index >= 15 is 0 Å². The van der Waals surface area contributed by atoms with E-state index in [2.05, 4.69) is 47.7 Å². The molecule has 0 saturated carbocycles. The number of nitrogens with zero attached hydrogens (tertiary/aromatic N) is 3. The molecule has 0 spiro atoms. The molecule has 0 radical (unpaired) electrons. The number of aromatic nitrogens is 2. The van der Waals surface area contributed by atoms with E-state index in [1.807, 2.05) is 12.1 Å². The predicted octanol–water partition coefficient (Wildman–Crippen LogP) is 4.13. The number of piperidine rings is 1. The number of carbonyl (C=O) groups is 1. The maximum atomic E-state index is 11.5. The molecule has 9 heteroatoms. The molecule has 1 aliphatic rings. The fraction of sp³-hybridized carbons (Fsp3) is 0.273. The number of esters is 1. The lowest BCUT2D eigenvalue weighted by atomic mass is 10.0. The van der Waals surface area contributed by atoms with Crippen LogP contribution in [0.1, 0.15) is 23.2 Å². The minimum absolute atomic E-state index is 0.278. The van der Waals surface area contributed by atoms with E-state index in [0.717, 1.165) is 52.7 Å². The second-order valence-electron chi connectivity index (χ2n) is 7.33. The normalized spacial score (nSPS) is 14.3.